The van der Waals surface area contributed by atoms with E-state index < -0.39 is 0 Å². The first kappa shape index (κ1) is 13.9. The predicted molar refractivity (Wildman–Crippen MR) is 74.5 cm³/mol. The van der Waals surface area contributed by atoms with Gasteiger partial charge in [0.25, 0.3) is 0 Å². The molecule has 0 bridgehead atoms. The average Bonchev–Trinajstić information content (AvgIpc) is 2.45. The fourth-order valence-corrected chi connectivity index (χ4v) is 2.35. The van der Waals surface area contributed by atoms with Crippen LogP contribution in [0.3, 0.4) is 0 Å². The number of hydrogen-bond donors (Lipinski definition) is 1. The van der Waals surface area contributed by atoms with E-state index in [4.69, 9.17) is 15.2 Å². The smallest absolute Gasteiger partial charge is 0.204 e. The molecule has 19 heavy (non-hydrogen) atoms. The van der Waals surface area contributed by atoms with Gasteiger partial charge in [0, 0.05) is 19.7 Å². The third-order valence-corrected chi connectivity index (χ3v) is 3.25. The molecule has 106 valence electrons. The molecular weight excluding hydrogens is 244 g/mol. The van der Waals surface area contributed by atoms with Crippen molar-refractivity contribution in [2.24, 2.45) is 0 Å². The highest BCUT2D eigenvalue weighted by Gasteiger charge is 2.24. The summed E-state index contributed by atoms with van der Waals surface area (Å²) >= 11 is 0. The lowest BCUT2D eigenvalue weighted by Crippen LogP contribution is -2.40. The zero-order valence-electron chi connectivity index (χ0n) is 11.6. The maximum absolute atomic E-state index is 5.83. The summed E-state index contributed by atoms with van der Waals surface area (Å²) in [7, 11) is 1.59. The Kier molecular flexibility index (Phi) is 4.79. The second-order valence-electron chi connectivity index (χ2n) is 4.70. The fourth-order valence-electron chi connectivity index (χ4n) is 2.35. The van der Waals surface area contributed by atoms with Crippen molar-refractivity contribution in [1.82, 2.24) is 9.97 Å². The highest BCUT2D eigenvalue weighted by Crippen LogP contribution is 2.31. The normalized spacial score (nSPS) is 19.5. The predicted octanol–water partition coefficient (Wildman–Crippen LogP) is 1.46. The Balaban J connectivity index is 2.10. The largest absolute Gasteiger partial charge is 0.490 e. The molecule has 0 radical (unpaired) electrons. The molecular formula is C13H22N4O2. The zero-order valence-corrected chi connectivity index (χ0v) is 11.6. The molecule has 1 aromatic rings. The van der Waals surface area contributed by atoms with E-state index in [9.17, 15) is 0 Å². The van der Waals surface area contributed by atoms with Gasteiger partial charge >= 0.3 is 0 Å². The van der Waals surface area contributed by atoms with Gasteiger partial charge in [0.15, 0.2) is 11.6 Å². The van der Waals surface area contributed by atoms with Crippen LogP contribution in [0.25, 0.3) is 0 Å². The van der Waals surface area contributed by atoms with Gasteiger partial charge in [-0.05, 0) is 19.3 Å². The van der Waals surface area contributed by atoms with Crippen molar-refractivity contribution in [3.8, 4) is 5.75 Å². The number of nitrogens with zero attached hydrogens (tertiary/aromatic N) is 3. The Bertz CT molecular complexity index is 414. The van der Waals surface area contributed by atoms with Gasteiger partial charge < -0.3 is 20.1 Å². The Hall–Kier alpha value is -1.56. The quantitative estimate of drug-likeness (QED) is 0.870. The molecule has 1 aliphatic heterocycles. The molecule has 0 aromatic carbocycles. The summed E-state index contributed by atoms with van der Waals surface area (Å²) in [5, 5.41) is 0. The maximum Gasteiger partial charge on any atom is 0.204 e. The Labute approximate surface area is 113 Å². The molecule has 1 fully saturated rings. The second kappa shape index (κ2) is 6.56. The molecule has 0 aliphatic carbocycles. The van der Waals surface area contributed by atoms with Crippen LogP contribution in [0.1, 0.15) is 26.2 Å². The van der Waals surface area contributed by atoms with Crippen LogP contribution in [0.2, 0.25) is 0 Å². The number of nitrogen functional groups attached to an aromatic ring is 1. The number of ether oxygens (including phenoxy) is 2. The lowest BCUT2D eigenvalue weighted by atomic mass is 10.1. The number of nitrogens with two attached hydrogens (primary N) is 1. The molecule has 0 spiro atoms. The number of aromatic nitrogens is 2. The summed E-state index contributed by atoms with van der Waals surface area (Å²) in [5.41, 5.74) is 5.82. The molecule has 6 heteroatoms. The summed E-state index contributed by atoms with van der Waals surface area (Å²) in [6.45, 7) is 4.70. The van der Waals surface area contributed by atoms with Gasteiger partial charge in [-0.25, -0.2) is 9.97 Å². The third kappa shape index (κ3) is 3.26. The number of piperidine rings is 1. The SMILES string of the molecule is CCCOC1CCCN(c2ncnc(N)c2OC)C1. The highest BCUT2D eigenvalue weighted by atomic mass is 16.5. The molecule has 6 nitrogen and oxygen atoms in total. The third-order valence-electron chi connectivity index (χ3n) is 3.25. The van der Waals surface area contributed by atoms with E-state index in [2.05, 4.69) is 21.8 Å². The Morgan fingerprint density at radius 3 is 3.05 bits per heavy atom. The number of rotatable bonds is 5. The molecule has 1 aliphatic rings. The van der Waals surface area contributed by atoms with Crippen LogP contribution in [0.5, 0.6) is 5.75 Å². The molecule has 1 saturated heterocycles. The van der Waals surface area contributed by atoms with E-state index in [0.717, 1.165) is 44.8 Å². The first-order valence-corrected chi connectivity index (χ1v) is 6.77. The van der Waals surface area contributed by atoms with Crippen LogP contribution < -0.4 is 15.4 Å². The minimum absolute atomic E-state index is 0.259. The van der Waals surface area contributed by atoms with Crippen molar-refractivity contribution < 1.29 is 9.47 Å². The van der Waals surface area contributed by atoms with Crippen LogP contribution in [0.15, 0.2) is 6.33 Å². The summed E-state index contributed by atoms with van der Waals surface area (Å²) in [6.07, 6.45) is 4.96. The second-order valence-corrected chi connectivity index (χ2v) is 4.70. The average molecular weight is 266 g/mol. The summed E-state index contributed by atoms with van der Waals surface area (Å²) < 4.78 is 11.1. The maximum atomic E-state index is 5.83. The molecule has 2 rings (SSSR count). The molecule has 1 atom stereocenters. The van der Waals surface area contributed by atoms with Gasteiger partial charge in [0.1, 0.15) is 6.33 Å². The summed E-state index contributed by atoms with van der Waals surface area (Å²) in [4.78, 5) is 10.4. The van der Waals surface area contributed by atoms with E-state index in [1.165, 1.54) is 6.33 Å². The van der Waals surface area contributed by atoms with E-state index >= 15 is 0 Å². The van der Waals surface area contributed by atoms with E-state index in [1.54, 1.807) is 7.11 Å². The zero-order chi connectivity index (χ0) is 13.7. The summed E-state index contributed by atoms with van der Waals surface area (Å²) in [6, 6.07) is 0. The lowest BCUT2D eigenvalue weighted by molar-refractivity contribution is 0.0438. The number of methoxy groups -OCH3 is 1. The van der Waals surface area contributed by atoms with Gasteiger partial charge in [0.2, 0.25) is 5.75 Å². The minimum Gasteiger partial charge on any atom is -0.490 e. The van der Waals surface area contributed by atoms with Gasteiger partial charge in [-0.1, -0.05) is 6.92 Å². The number of anilines is 2. The highest BCUT2D eigenvalue weighted by molar-refractivity contribution is 5.62. The van der Waals surface area contributed by atoms with Gasteiger partial charge in [0.05, 0.1) is 13.2 Å². The van der Waals surface area contributed by atoms with Crippen LogP contribution in [-0.2, 0) is 4.74 Å². The van der Waals surface area contributed by atoms with Crippen molar-refractivity contribution in [3.05, 3.63) is 6.33 Å². The van der Waals surface area contributed by atoms with Crippen molar-refractivity contribution >= 4 is 11.6 Å². The molecule has 2 heterocycles. The van der Waals surface area contributed by atoms with E-state index in [1.807, 2.05) is 0 Å². The van der Waals surface area contributed by atoms with Crippen molar-refractivity contribution in [1.29, 1.82) is 0 Å². The number of hydrogen-bond acceptors (Lipinski definition) is 6. The van der Waals surface area contributed by atoms with Crippen molar-refractivity contribution in [2.45, 2.75) is 32.3 Å². The van der Waals surface area contributed by atoms with E-state index in [-0.39, 0.29) is 6.10 Å². The lowest BCUT2D eigenvalue weighted by Gasteiger charge is -2.34. The van der Waals surface area contributed by atoms with Gasteiger partial charge in [-0.3, -0.25) is 0 Å². The topological polar surface area (TPSA) is 73.5 Å². The Morgan fingerprint density at radius 2 is 2.32 bits per heavy atom. The van der Waals surface area contributed by atoms with Crippen LogP contribution >= 0.6 is 0 Å². The van der Waals surface area contributed by atoms with Crippen LogP contribution in [0, 0.1) is 0 Å². The monoisotopic (exact) mass is 266 g/mol. The molecule has 0 saturated carbocycles. The van der Waals surface area contributed by atoms with Gasteiger partial charge in [-0.15, -0.1) is 0 Å². The van der Waals surface area contributed by atoms with Crippen LogP contribution in [-0.4, -0.2) is 42.9 Å². The van der Waals surface area contributed by atoms with Crippen molar-refractivity contribution in [2.75, 3.05) is 37.4 Å². The van der Waals surface area contributed by atoms with Crippen molar-refractivity contribution in [3.63, 3.8) is 0 Å². The first-order valence-electron chi connectivity index (χ1n) is 6.77. The van der Waals surface area contributed by atoms with Crippen LogP contribution in [0.4, 0.5) is 11.6 Å². The molecule has 0 amide bonds. The molecule has 1 aromatic heterocycles. The standard InChI is InChI=1S/C13H22N4O2/c1-3-7-19-10-5-4-6-17(8-10)13-11(18-2)12(14)15-9-16-13/h9-10H,3-8H2,1-2H3,(H2,14,15,16). The first-order chi connectivity index (χ1) is 9.26. The fraction of sp³-hybridized carbons (Fsp3) is 0.692. The molecule has 2 N–H and O–H groups in total. The minimum atomic E-state index is 0.259. The van der Waals surface area contributed by atoms with Gasteiger partial charge in [-0.2, -0.15) is 0 Å². The Morgan fingerprint density at radius 1 is 1.47 bits per heavy atom. The van der Waals surface area contributed by atoms with E-state index in [0.29, 0.717) is 11.6 Å². The molecule has 1 unspecified atom stereocenters. The summed E-state index contributed by atoms with van der Waals surface area (Å²) in [5.74, 6) is 1.70.